The average Bonchev–Trinajstić information content (AvgIpc) is 2.73. The molecule has 8 heteroatoms. The highest BCUT2D eigenvalue weighted by atomic mass is 32.2. The van der Waals surface area contributed by atoms with Crippen molar-refractivity contribution >= 4 is 30.0 Å². The first-order valence-corrected chi connectivity index (χ1v) is 13.7. The number of thioether (sulfide) groups is 1. The number of carbonyl (C=O) groups excluding carboxylic acids is 2. The summed E-state index contributed by atoms with van der Waals surface area (Å²) < 4.78 is 5.48. The highest BCUT2D eigenvalue weighted by Crippen LogP contribution is 2.13. The number of aliphatic carboxylic acids is 1. The first kappa shape index (κ1) is 36.1. The molecule has 0 radical (unpaired) electrons. The lowest BCUT2D eigenvalue weighted by Gasteiger charge is -2.22. The zero-order chi connectivity index (χ0) is 28.1. The second-order valence-corrected chi connectivity index (χ2v) is 11.3. The molecule has 2 atom stereocenters. The minimum atomic E-state index is -0.996. The number of carbonyl (C=O) groups is 3. The standard InChI is InChI=1S/C19H31NO3S.C9H19NO2/c1-15(2)7-5-8-16(3)9-6-10-17(4)11-12-24-13-18(19(22)23)20-14-21;1-7(10-8(2)11)6-12-9(3,4)5/h7,9,11,14,18H,5-6,8,10,12-13H2,1-4H3,(H,20,21)(H,22,23);7H,6H2,1-5H3,(H,10,11)/b16-9+,17-11+;. The Morgan fingerprint density at radius 1 is 0.972 bits per heavy atom. The molecule has 0 aliphatic rings. The van der Waals surface area contributed by atoms with Crippen molar-refractivity contribution in [2.45, 2.75) is 106 Å². The summed E-state index contributed by atoms with van der Waals surface area (Å²) in [5, 5.41) is 14.0. The quantitative estimate of drug-likeness (QED) is 0.136. The number of hydrogen-bond donors (Lipinski definition) is 3. The van der Waals surface area contributed by atoms with Gasteiger partial charge in [-0.15, -0.1) is 0 Å². The number of ether oxygens (including phenoxy) is 1. The van der Waals surface area contributed by atoms with Gasteiger partial charge in [0.05, 0.1) is 12.2 Å². The summed E-state index contributed by atoms with van der Waals surface area (Å²) >= 11 is 1.51. The predicted molar refractivity (Wildman–Crippen MR) is 152 cm³/mol. The van der Waals surface area contributed by atoms with Gasteiger partial charge in [-0.25, -0.2) is 4.79 Å². The normalized spacial score (nSPS) is 13.6. The van der Waals surface area contributed by atoms with E-state index in [0.29, 0.717) is 18.8 Å². The fraction of sp³-hybridized carbons (Fsp3) is 0.679. The van der Waals surface area contributed by atoms with Crippen LogP contribution in [0.25, 0.3) is 0 Å². The lowest BCUT2D eigenvalue weighted by Crippen LogP contribution is -2.37. The summed E-state index contributed by atoms with van der Waals surface area (Å²) in [6.07, 6.45) is 11.4. The number of carboxylic acids is 1. The minimum Gasteiger partial charge on any atom is -0.480 e. The molecule has 0 spiro atoms. The molecule has 0 aliphatic carbocycles. The summed E-state index contributed by atoms with van der Waals surface area (Å²) in [6.45, 7) is 18.5. The fourth-order valence-electron chi connectivity index (χ4n) is 2.76. The Balaban J connectivity index is 0. The molecule has 0 bridgehead atoms. The van der Waals surface area contributed by atoms with Crippen LogP contribution in [0.2, 0.25) is 0 Å². The lowest BCUT2D eigenvalue weighted by atomic mass is 10.1. The van der Waals surface area contributed by atoms with Gasteiger partial charge >= 0.3 is 5.97 Å². The maximum absolute atomic E-state index is 10.9. The maximum Gasteiger partial charge on any atom is 0.327 e. The topological polar surface area (TPSA) is 105 Å². The smallest absolute Gasteiger partial charge is 0.327 e. The van der Waals surface area contributed by atoms with E-state index in [2.05, 4.69) is 56.6 Å². The van der Waals surface area contributed by atoms with Crippen molar-refractivity contribution in [3.05, 3.63) is 34.9 Å². The maximum atomic E-state index is 10.9. The third-order valence-electron chi connectivity index (χ3n) is 4.74. The van der Waals surface area contributed by atoms with Crippen molar-refractivity contribution in [3.63, 3.8) is 0 Å². The first-order chi connectivity index (χ1) is 16.7. The summed E-state index contributed by atoms with van der Waals surface area (Å²) in [5.74, 6) is 0.129. The molecule has 0 aromatic heterocycles. The molecule has 208 valence electrons. The lowest BCUT2D eigenvalue weighted by molar-refractivity contribution is -0.139. The van der Waals surface area contributed by atoms with Crippen LogP contribution in [-0.4, -0.2) is 59.2 Å². The monoisotopic (exact) mass is 526 g/mol. The minimum absolute atomic E-state index is 0.0139. The molecule has 0 rings (SSSR count). The number of carboxylic acid groups (broad SMARTS) is 1. The molecule has 2 unspecified atom stereocenters. The third-order valence-corrected chi connectivity index (χ3v) is 5.71. The third kappa shape index (κ3) is 26.5. The van der Waals surface area contributed by atoms with Gasteiger partial charge in [0.1, 0.15) is 6.04 Å². The zero-order valence-corrected chi connectivity index (χ0v) is 24.7. The van der Waals surface area contributed by atoms with Crippen LogP contribution in [0.5, 0.6) is 0 Å². The van der Waals surface area contributed by atoms with Crippen molar-refractivity contribution in [2.75, 3.05) is 18.1 Å². The number of rotatable bonds is 16. The van der Waals surface area contributed by atoms with Crippen LogP contribution >= 0.6 is 11.8 Å². The van der Waals surface area contributed by atoms with E-state index in [-0.39, 0.29) is 17.6 Å². The molecule has 0 heterocycles. The van der Waals surface area contributed by atoms with E-state index in [1.165, 1.54) is 35.4 Å². The van der Waals surface area contributed by atoms with Gasteiger partial charge in [-0.2, -0.15) is 11.8 Å². The van der Waals surface area contributed by atoms with Gasteiger partial charge in [0.25, 0.3) is 0 Å². The van der Waals surface area contributed by atoms with E-state index in [1.807, 2.05) is 27.7 Å². The van der Waals surface area contributed by atoms with E-state index in [4.69, 9.17) is 9.84 Å². The van der Waals surface area contributed by atoms with Crippen LogP contribution in [0.3, 0.4) is 0 Å². The summed E-state index contributed by atoms with van der Waals surface area (Å²) in [5.41, 5.74) is 3.98. The Bertz CT molecular complexity index is 735. The zero-order valence-electron chi connectivity index (χ0n) is 23.9. The molecule has 2 amide bonds. The van der Waals surface area contributed by atoms with Crippen molar-refractivity contribution < 1.29 is 24.2 Å². The van der Waals surface area contributed by atoms with Crippen molar-refractivity contribution in [1.29, 1.82) is 0 Å². The largest absolute Gasteiger partial charge is 0.480 e. The van der Waals surface area contributed by atoms with Crippen LogP contribution < -0.4 is 10.6 Å². The Labute approximate surface area is 223 Å². The summed E-state index contributed by atoms with van der Waals surface area (Å²) in [7, 11) is 0. The summed E-state index contributed by atoms with van der Waals surface area (Å²) in [6, 6.07) is -0.727. The molecule has 0 saturated carbocycles. The highest BCUT2D eigenvalue weighted by Gasteiger charge is 2.15. The Hall–Kier alpha value is -2.06. The van der Waals surface area contributed by atoms with Gasteiger partial charge in [-0.3, -0.25) is 9.59 Å². The van der Waals surface area contributed by atoms with Gasteiger partial charge < -0.3 is 20.5 Å². The van der Waals surface area contributed by atoms with Crippen LogP contribution in [0.15, 0.2) is 34.9 Å². The number of hydrogen-bond acceptors (Lipinski definition) is 5. The SMILES string of the molecule is CC(=O)NC(C)COC(C)(C)C.CC(C)=CCC/C(C)=C/CC/C(C)=C/CSCC(NC=O)C(=O)O. The van der Waals surface area contributed by atoms with E-state index in [1.54, 1.807) is 0 Å². The van der Waals surface area contributed by atoms with Crippen molar-refractivity contribution in [2.24, 2.45) is 0 Å². The second kappa shape index (κ2) is 21.1. The molecular formula is C28H50N2O5S. The number of amides is 2. The van der Waals surface area contributed by atoms with E-state index < -0.39 is 12.0 Å². The number of allylic oxidation sites excluding steroid dienone is 5. The molecular weight excluding hydrogens is 476 g/mol. The van der Waals surface area contributed by atoms with Gasteiger partial charge in [-0.05, 0) is 81.1 Å². The number of nitrogens with one attached hydrogen (secondary N) is 2. The molecule has 3 N–H and O–H groups in total. The van der Waals surface area contributed by atoms with Gasteiger partial charge in [0.15, 0.2) is 0 Å². The van der Waals surface area contributed by atoms with E-state index >= 15 is 0 Å². The predicted octanol–water partition coefficient (Wildman–Crippen LogP) is 5.66. The second-order valence-electron chi connectivity index (χ2n) is 10.2. The van der Waals surface area contributed by atoms with E-state index in [0.717, 1.165) is 31.4 Å². The Morgan fingerprint density at radius 2 is 1.53 bits per heavy atom. The molecule has 0 aromatic carbocycles. The molecule has 0 saturated heterocycles. The van der Waals surface area contributed by atoms with Gasteiger partial charge in [-0.1, -0.05) is 34.9 Å². The van der Waals surface area contributed by atoms with Crippen LogP contribution in [-0.2, 0) is 19.1 Å². The average molecular weight is 527 g/mol. The fourth-order valence-corrected chi connectivity index (χ4v) is 3.78. The van der Waals surface area contributed by atoms with Crippen LogP contribution in [0, 0.1) is 0 Å². The van der Waals surface area contributed by atoms with E-state index in [9.17, 15) is 14.4 Å². The Kier molecular flexibility index (Phi) is 21.1. The molecule has 0 aliphatic heterocycles. The first-order valence-electron chi connectivity index (χ1n) is 12.5. The van der Waals surface area contributed by atoms with Crippen molar-refractivity contribution in [1.82, 2.24) is 10.6 Å². The molecule has 0 aromatic rings. The molecule has 0 fully saturated rings. The van der Waals surface area contributed by atoms with Crippen molar-refractivity contribution in [3.8, 4) is 0 Å². The van der Waals surface area contributed by atoms with Crippen LogP contribution in [0.4, 0.5) is 0 Å². The van der Waals surface area contributed by atoms with Gasteiger partial charge in [0.2, 0.25) is 12.3 Å². The van der Waals surface area contributed by atoms with Gasteiger partial charge in [0, 0.05) is 24.5 Å². The Morgan fingerprint density at radius 3 is 2.00 bits per heavy atom. The highest BCUT2D eigenvalue weighted by molar-refractivity contribution is 7.99. The molecule has 7 nitrogen and oxygen atoms in total. The van der Waals surface area contributed by atoms with Crippen LogP contribution in [0.1, 0.15) is 88.0 Å². The summed E-state index contributed by atoms with van der Waals surface area (Å²) in [4.78, 5) is 31.8. The molecule has 36 heavy (non-hydrogen) atoms.